The number of amides is 1. The maximum atomic E-state index is 14.7. The lowest BCUT2D eigenvalue weighted by Crippen LogP contribution is -2.58. The summed E-state index contributed by atoms with van der Waals surface area (Å²) in [5.74, 6) is -1.17. The molecule has 0 radical (unpaired) electrons. The second kappa shape index (κ2) is 18.5. The summed E-state index contributed by atoms with van der Waals surface area (Å²) >= 11 is 0. The smallest absolute Gasteiger partial charge is 0.316 e. The third-order valence-electron chi connectivity index (χ3n) is 15.3. The largest absolute Gasteiger partial charge is 0.486 e. The third-order valence-corrected chi connectivity index (χ3v) is 16.6. The molecule has 3 N–H and O–H groups in total. The van der Waals surface area contributed by atoms with Crippen molar-refractivity contribution >= 4 is 38.3 Å². The van der Waals surface area contributed by atoms with E-state index in [-0.39, 0.29) is 57.9 Å². The summed E-state index contributed by atoms with van der Waals surface area (Å²) in [5, 5.41) is 22.9. The molecular formula is C51H59FN6O10S. The first kappa shape index (κ1) is 46.9. The van der Waals surface area contributed by atoms with Crippen LogP contribution in [0.25, 0.3) is 11.0 Å². The predicted molar refractivity (Wildman–Crippen MR) is 255 cm³/mol. The van der Waals surface area contributed by atoms with Gasteiger partial charge in [0.15, 0.2) is 5.75 Å². The molecule has 1 spiro atoms. The van der Waals surface area contributed by atoms with Crippen LogP contribution in [-0.4, -0.2) is 96.4 Å². The van der Waals surface area contributed by atoms with E-state index in [1.807, 2.05) is 6.92 Å². The van der Waals surface area contributed by atoms with E-state index in [9.17, 15) is 32.8 Å². The number of nitro benzene ring substituents is 1. The van der Waals surface area contributed by atoms with Crippen LogP contribution in [0.3, 0.4) is 0 Å². The van der Waals surface area contributed by atoms with Crippen molar-refractivity contribution in [1.29, 1.82) is 0 Å². The van der Waals surface area contributed by atoms with E-state index in [1.165, 1.54) is 35.7 Å². The van der Waals surface area contributed by atoms with Crippen molar-refractivity contribution in [3.05, 3.63) is 106 Å². The Labute approximate surface area is 400 Å². The minimum atomic E-state index is -4.75. The Morgan fingerprint density at radius 3 is 2.58 bits per heavy atom. The molecule has 2 aromatic heterocycles. The number of anilines is 1. The van der Waals surface area contributed by atoms with Crippen molar-refractivity contribution < 1.29 is 46.6 Å². The summed E-state index contributed by atoms with van der Waals surface area (Å²) in [4.78, 5) is 37.1. The normalized spacial score (nSPS) is 24.0. The number of rotatable bonds is 12. The van der Waals surface area contributed by atoms with Crippen LogP contribution in [0.4, 0.5) is 15.8 Å². The van der Waals surface area contributed by atoms with Gasteiger partial charge in [-0.2, -0.15) is 0 Å². The zero-order valence-corrected chi connectivity index (χ0v) is 39.9. The lowest BCUT2D eigenvalue weighted by atomic mass is 9.59. The first-order chi connectivity index (χ1) is 33.0. The van der Waals surface area contributed by atoms with Crippen LogP contribution in [0.1, 0.15) is 112 Å². The van der Waals surface area contributed by atoms with E-state index >= 15 is 0 Å². The standard InChI is InChI=1S/C51H59FN6O10S/c1-31(2)38-6-4-5-7-39(38)44-30-65-19-18-57(44)34-25-51(26-34)14-16-56(17-15-51)33-8-9-40(45(21-33)67-35-22-41-42(52)28-54-48(41)53-27-35)49(59)55-69(63,64)37-23-43(58(61)62)47-46(24-37)66-29-36(68-47)20-32-10-12-50(3,60)13-11-32/h4-9,21-24,27-28,31-32,34,36,44,60H,10-20,25-26,29-30H2,1-3H3,(H,53,54)(H,55,59)/t32?,36-,44-,50?/m1/s1. The molecule has 5 heterocycles. The number of nitro groups is 1. The summed E-state index contributed by atoms with van der Waals surface area (Å²) in [6.07, 6.45) is 9.57. The van der Waals surface area contributed by atoms with Gasteiger partial charge in [-0.3, -0.25) is 19.8 Å². The van der Waals surface area contributed by atoms with Gasteiger partial charge >= 0.3 is 5.69 Å². The van der Waals surface area contributed by atoms with Gasteiger partial charge in [0.25, 0.3) is 15.9 Å². The van der Waals surface area contributed by atoms with E-state index in [1.54, 1.807) is 12.1 Å². The first-order valence-electron chi connectivity index (χ1n) is 24.1. The molecule has 2 saturated heterocycles. The Kier molecular flexibility index (Phi) is 12.6. The Balaban J connectivity index is 0.855. The van der Waals surface area contributed by atoms with Crippen LogP contribution in [0, 0.1) is 27.3 Å². The molecular weight excluding hydrogens is 908 g/mol. The molecule has 2 saturated carbocycles. The highest BCUT2D eigenvalue weighted by Crippen LogP contribution is 2.53. The second-order valence-corrected chi connectivity index (χ2v) is 22.0. The summed E-state index contributed by atoms with van der Waals surface area (Å²) in [6, 6.07) is 17.7. The summed E-state index contributed by atoms with van der Waals surface area (Å²) in [7, 11) is -4.75. The van der Waals surface area contributed by atoms with Gasteiger partial charge in [0.1, 0.15) is 35.7 Å². The Hall–Kier alpha value is -5.82. The second-order valence-electron chi connectivity index (χ2n) is 20.3. The fraction of sp³-hybridized carbons (Fsp3) is 0.490. The number of nitrogens with zero attached hydrogens (tertiary/aromatic N) is 4. The highest BCUT2D eigenvalue weighted by atomic mass is 32.2. The number of sulfonamides is 1. The number of aromatic nitrogens is 2. The average molecular weight is 967 g/mol. The highest BCUT2D eigenvalue weighted by molar-refractivity contribution is 7.90. The van der Waals surface area contributed by atoms with Crippen LogP contribution < -0.4 is 23.8 Å². The monoisotopic (exact) mass is 966 g/mol. The van der Waals surface area contributed by atoms with Crippen LogP contribution in [0.5, 0.6) is 23.0 Å². The number of benzene rings is 3. The number of piperidine rings is 1. The number of ether oxygens (including phenoxy) is 4. The molecule has 16 nitrogen and oxygen atoms in total. The fourth-order valence-electron chi connectivity index (χ4n) is 11.3. The van der Waals surface area contributed by atoms with Gasteiger partial charge in [-0.25, -0.2) is 22.5 Å². The van der Waals surface area contributed by atoms with Crippen LogP contribution in [0.2, 0.25) is 0 Å². The molecule has 4 fully saturated rings. The third kappa shape index (κ3) is 9.60. The number of halogens is 1. The molecule has 5 aromatic rings. The molecule has 2 atom stereocenters. The van der Waals surface area contributed by atoms with E-state index in [2.05, 4.69) is 62.6 Å². The number of hydrogen-bond acceptors (Lipinski definition) is 13. The van der Waals surface area contributed by atoms with E-state index < -0.39 is 49.0 Å². The van der Waals surface area contributed by atoms with E-state index in [4.69, 9.17) is 18.9 Å². The van der Waals surface area contributed by atoms with E-state index in [0.717, 1.165) is 82.6 Å². The van der Waals surface area contributed by atoms with Gasteiger partial charge in [-0.15, -0.1) is 0 Å². The fourth-order valence-corrected chi connectivity index (χ4v) is 12.3. The Morgan fingerprint density at radius 2 is 1.83 bits per heavy atom. The van der Waals surface area contributed by atoms with Gasteiger partial charge in [0.05, 0.1) is 51.8 Å². The maximum absolute atomic E-state index is 14.7. The lowest BCUT2D eigenvalue weighted by Gasteiger charge is -2.57. The highest BCUT2D eigenvalue weighted by Gasteiger charge is 2.50. The lowest BCUT2D eigenvalue weighted by molar-refractivity contribution is -0.386. The van der Waals surface area contributed by atoms with Gasteiger partial charge in [-0.1, -0.05) is 38.1 Å². The van der Waals surface area contributed by atoms with Crippen molar-refractivity contribution in [2.24, 2.45) is 11.3 Å². The summed E-state index contributed by atoms with van der Waals surface area (Å²) < 4.78 is 68.9. The van der Waals surface area contributed by atoms with E-state index in [0.29, 0.717) is 43.5 Å². The van der Waals surface area contributed by atoms with Gasteiger partial charge in [0, 0.05) is 55.8 Å². The molecule has 69 heavy (non-hydrogen) atoms. The number of H-pyrrole nitrogens is 1. The zero-order chi connectivity index (χ0) is 48.2. The molecule has 5 aliphatic rings. The molecule has 2 aliphatic carbocycles. The Morgan fingerprint density at radius 1 is 1.06 bits per heavy atom. The first-order valence-corrected chi connectivity index (χ1v) is 25.6. The van der Waals surface area contributed by atoms with Gasteiger partial charge in [-0.05, 0) is 111 Å². The minimum Gasteiger partial charge on any atom is -0.486 e. The number of aromatic amines is 1. The SMILES string of the molecule is CC(C)c1ccccc1[C@H]1COCCN1C1CC2(CCN(c3ccc(C(=O)NS(=O)(=O)c4cc5c(c([N+](=O)[O-])c4)O[C@H](CC4CCC(C)(O)CC4)CO5)c(Oc4cnc5[nH]cc(F)c5c4)c3)CC2)C1. The predicted octanol–water partition coefficient (Wildman–Crippen LogP) is 8.94. The number of nitrogens with one attached hydrogen (secondary N) is 2. The molecule has 366 valence electrons. The number of hydrogen-bond donors (Lipinski definition) is 3. The topological polar surface area (TPSA) is 199 Å². The summed E-state index contributed by atoms with van der Waals surface area (Å²) in [6.45, 7) is 10.1. The van der Waals surface area contributed by atoms with Crippen LogP contribution >= 0.6 is 0 Å². The summed E-state index contributed by atoms with van der Waals surface area (Å²) in [5.41, 5.74) is 2.50. The molecule has 10 rings (SSSR count). The minimum absolute atomic E-state index is 0.00195. The molecule has 0 unspecified atom stereocenters. The van der Waals surface area contributed by atoms with Crippen molar-refractivity contribution in [1.82, 2.24) is 19.6 Å². The number of morpholine rings is 1. The van der Waals surface area contributed by atoms with Crippen molar-refractivity contribution in [3.63, 3.8) is 0 Å². The zero-order valence-electron chi connectivity index (χ0n) is 39.1. The van der Waals surface area contributed by atoms with Gasteiger partial charge < -0.3 is 33.9 Å². The van der Waals surface area contributed by atoms with Crippen molar-refractivity contribution in [2.75, 3.05) is 44.4 Å². The number of fused-ring (bicyclic) bond motifs is 2. The van der Waals surface area contributed by atoms with Crippen LogP contribution in [0.15, 0.2) is 78.0 Å². The van der Waals surface area contributed by atoms with Crippen LogP contribution in [-0.2, 0) is 14.8 Å². The molecule has 18 heteroatoms. The number of carbonyl (C=O) groups is 1. The molecule has 3 aromatic carbocycles. The maximum Gasteiger partial charge on any atom is 0.316 e. The average Bonchev–Trinajstić information content (AvgIpc) is 3.70. The van der Waals surface area contributed by atoms with Crippen molar-refractivity contribution in [3.8, 4) is 23.0 Å². The molecule has 1 amide bonds. The number of aliphatic hydroxyl groups is 1. The van der Waals surface area contributed by atoms with Gasteiger partial charge in [0.2, 0.25) is 5.75 Å². The molecule has 3 aliphatic heterocycles. The number of carbonyl (C=O) groups excluding carboxylic acids is 1. The quantitative estimate of drug-likeness (QED) is 0.0792. The van der Waals surface area contributed by atoms with Crippen molar-refractivity contribution in [2.45, 2.75) is 113 Å². The molecule has 0 bridgehead atoms. The number of pyridine rings is 1. The Bertz CT molecular complexity index is 2860.